The van der Waals surface area contributed by atoms with Crippen molar-refractivity contribution in [2.24, 2.45) is 13.0 Å². The minimum atomic E-state index is -0.634. The van der Waals surface area contributed by atoms with Crippen molar-refractivity contribution in [1.82, 2.24) is 14.5 Å². The first-order chi connectivity index (χ1) is 9.99. The highest BCUT2D eigenvalue weighted by molar-refractivity contribution is 6.29. The maximum Gasteiger partial charge on any atom is 0.128 e. The Kier molecular flexibility index (Phi) is 4.28. The van der Waals surface area contributed by atoms with Crippen molar-refractivity contribution >= 4 is 11.6 Å². The van der Waals surface area contributed by atoms with Gasteiger partial charge in [0.25, 0.3) is 0 Å². The van der Waals surface area contributed by atoms with E-state index in [0.29, 0.717) is 24.4 Å². The van der Waals surface area contributed by atoms with Gasteiger partial charge in [-0.2, -0.15) is 0 Å². The Morgan fingerprint density at radius 2 is 2.38 bits per heavy atom. The number of rotatable bonds is 3. The normalized spacial score (nSPS) is 34.5. The van der Waals surface area contributed by atoms with Crippen LogP contribution in [-0.2, 0) is 18.3 Å². The average molecular weight is 314 g/mol. The van der Waals surface area contributed by atoms with E-state index < -0.39 is 5.60 Å². The zero-order valence-electron chi connectivity index (χ0n) is 12.8. The number of halogens is 1. The Balaban J connectivity index is 1.74. The van der Waals surface area contributed by atoms with E-state index in [2.05, 4.69) is 9.88 Å². The molecule has 0 saturated carbocycles. The van der Waals surface area contributed by atoms with Gasteiger partial charge in [-0.25, -0.2) is 4.98 Å². The van der Waals surface area contributed by atoms with E-state index >= 15 is 0 Å². The van der Waals surface area contributed by atoms with E-state index in [4.69, 9.17) is 16.3 Å². The minimum Gasteiger partial charge on any atom is -0.390 e. The molecule has 3 atom stereocenters. The lowest BCUT2D eigenvalue weighted by Gasteiger charge is -2.43. The van der Waals surface area contributed by atoms with Gasteiger partial charge in [-0.3, -0.25) is 4.90 Å². The summed E-state index contributed by atoms with van der Waals surface area (Å²) in [6.45, 7) is 5.08. The van der Waals surface area contributed by atoms with Crippen LogP contribution < -0.4 is 0 Å². The van der Waals surface area contributed by atoms with E-state index in [0.717, 1.165) is 38.2 Å². The number of ether oxygens (including phenoxy) is 1. The van der Waals surface area contributed by atoms with Crippen LogP contribution in [0.2, 0.25) is 5.15 Å². The highest BCUT2D eigenvalue weighted by atomic mass is 35.5. The number of imidazole rings is 1. The summed E-state index contributed by atoms with van der Waals surface area (Å²) in [5.41, 5.74) is -0.634. The molecule has 118 valence electrons. The van der Waals surface area contributed by atoms with Gasteiger partial charge in [0, 0.05) is 25.6 Å². The summed E-state index contributed by atoms with van der Waals surface area (Å²) in [7, 11) is 1.94. The maximum atomic E-state index is 10.7. The van der Waals surface area contributed by atoms with Gasteiger partial charge in [0.05, 0.1) is 24.9 Å². The van der Waals surface area contributed by atoms with Crippen molar-refractivity contribution in [2.75, 3.05) is 19.8 Å². The second-order valence-corrected chi connectivity index (χ2v) is 6.91. The van der Waals surface area contributed by atoms with Gasteiger partial charge in [0.1, 0.15) is 11.0 Å². The standard InChI is InChI=1S/C15H24ClN3O2/c1-15(20)5-7-21-10-11(15)12-4-3-6-19(12)9-14-17-8-13(16)18(14)2/h8,11-12,20H,3-7,9-10H2,1-2H3/t11-,12-,15+/m1/s1. The predicted octanol–water partition coefficient (Wildman–Crippen LogP) is 1.83. The van der Waals surface area contributed by atoms with Crippen molar-refractivity contribution in [1.29, 1.82) is 0 Å². The summed E-state index contributed by atoms with van der Waals surface area (Å²) in [6.07, 6.45) is 4.69. The predicted molar refractivity (Wildman–Crippen MR) is 81.2 cm³/mol. The molecule has 21 heavy (non-hydrogen) atoms. The van der Waals surface area contributed by atoms with E-state index in [1.165, 1.54) is 0 Å². The second kappa shape index (κ2) is 5.88. The third kappa shape index (κ3) is 2.97. The molecule has 6 heteroatoms. The van der Waals surface area contributed by atoms with E-state index in [9.17, 15) is 5.11 Å². The fourth-order valence-corrected chi connectivity index (χ4v) is 3.78. The van der Waals surface area contributed by atoms with Gasteiger partial charge in [-0.1, -0.05) is 11.6 Å². The molecule has 2 saturated heterocycles. The number of nitrogens with zero attached hydrogens (tertiary/aromatic N) is 3. The molecule has 0 radical (unpaired) electrons. The molecule has 0 bridgehead atoms. The molecule has 3 rings (SSSR count). The Bertz CT molecular complexity index is 503. The monoisotopic (exact) mass is 313 g/mol. The number of hydrogen-bond donors (Lipinski definition) is 1. The van der Waals surface area contributed by atoms with Crippen molar-refractivity contribution < 1.29 is 9.84 Å². The molecule has 0 aromatic carbocycles. The molecule has 0 aliphatic carbocycles. The van der Waals surface area contributed by atoms with E-state index in [1.807, 2.05) is 18.5 Å². The smallest absolute Gasteiger partial charge is 0.128 e. The fourth-order valence-electron chi connectivity index (χ4n) is 3.64. The first-order valence-corrected chi connectivity index (χ1v) is 8.07. The summed E-state index contributed by atoms with van der Waals surface area (Å²) in [5.74, 6) is 1.15. The highest BCUT2D eigenvalue weighted by Gasteiger charge is 2.44. The first kappa shape index (κ1) is 15.3. The molecule has 1 aromatic heterocycles. The van der Waals surface area contributed by atoms with Crippen LogP contribution in [0, 0.1) is 5.92 Å². The summed E-state index contributed by atoms with van der Waals surface area (Å²) < 4.78 is 7.55. The van der Waals surface area contributed by atoms with Gasteiger partial charge in [0.2, 0.25) is 0 Å². The maximum absolute atomic E-state index is 10.7. The molecule has 2 aliphatic heterocycles. The van der Waals surface area contributed by atoms with Crippen LogP contribution in [0.15, 0.2) is 6.20 Å². The van der Waals surface area contributed by atoms with Crippen molar-refractivity contribution in [3.05, 3.63) is 17.2 Å². The molecule has 0 unspecified atom stereocenters. The SMILES string of the molecule is Cn1c(Cl)cnc1CN1CCC[C@@H]1[C@H]1COCC[C@]1(C)O. The Labute approximate surface area is 130 Å². The third-order valence-corrected chi connectivity index (χ3v) is 5.45. The van der Waals surface area contributed by atoms with Crippen LogP contribution in [0.25, 0.3) is 0 Å². The number of aliphatic hydroxyl groups is 1. The molecule has 1 N–H and O–H groups in total. The lowest BCUT2D eigenvalue weighted by atomic mass is 9.79. The zero-order chi connectivity index (χ0) is 15.0. The quantitative estimate of drug-likeness (QED) is 0.925. The van der Waals surface area contributed by atoms with Crippen molar-refractivity contribution in [3.63, 3.8) is 0 Å². The lowest BCUT2D eigenvalue weighted by Crippen LogP contribution is -2.52. The summed E-state index contributed by atoms with van der Waals surface area (Å²) in [4.78, 5) is 6.81. The van der Waals surface area contributed by atoms with Crippen LogP contribution in [0.1, 0.15) is 32.0 Å². The van der Waals surface area contributed by atoms with Crippen molar-refractivity contribution in [2.45, 2.75) is 44.4 Å². The largest absolute Gasteiger partial charge is 0.390 e. The Morgan fingerprint density at radius 1 is 1.57 bits per heavy atom. The molecule has 5 nitrogen and oxygen atoms in total. The molecule has 3 heterocycles. The van der Waals surface area contributed by atoms with Gasteiger partial charge < -0.3 is 14.4 Å². The zero-order valence-corrected chi connectivity index (χ0v) is 13.5. The fraction of sp³-hybridized carbons (Fsp3) is 0.800. The molecule has 1 aromatic rings. The molecule has 0 amide bonds. The average Bonchev–Trinajstić information content (AvgIpc) is 3.01. The van der Waals surface area contributed by atoms with Gasteiger partial charge >= 0.3 is 0 Å². The van der Waals surface area contributed by atoms with Crippen LogP contribution in [-0.4, -0.2) is 51.0 Å². The first-order valence-electron chi connectivity index (χ1n) is 7.69. The summed E-state index contributed by atoms with van der Waals surface area (Å²) in [6, 6.07) is 0.357. The van der Waals surface area contributed by atoms with Crippen LogP contribution >= 0.6 is 11.6 Å². The minimum absolute atomic E-state index is 0.171. The Morgan fingerprint density at radius 3 is 3.05 bits per heavy atom. The van der Waals surface area contributed by atoms with Crippen molar-refractivity contribution in [3.8, 4) is 0 Å². The van der Waals surface area contributed by atoms with E-state index in [1.54, 1.807) is 6.20 Å². The van der Waals surface area contributed by atoms with E-state index in [-0.39, 0.29) is 5.92 Å². The summed E-state index contributed by atoms with van der Waals surface area (Å²) >= 11 is 6.07. The Hall–Kier alpha value is -0.620. The number of hydrogen-bond acceptors (Lipinski definition) is 4. The molecular weight excluding hydrogens is 290 g/mol. The van der Waals surface area contributed by atoms with Gasteiger partial charge in [-0.15, -0.1) is 0 Å². The number of likely N-dealkylation sites (tertiary alicyclic amines) is 1. The molecule has 2 fully saturated rings. The second-order valence-electron chi connectivity index (χ2n) is 6.52. The molecule has 0 spiro atoms. The molecular formula is C15H24ClN3O2. The van der Waals surface area contributed by atoms with Crippen LogP contribution in [0.3, 0.4) is 0 Å². The topological polar surface area (TPSA) is 50.5 Å². The lowest BCUT2D eigenvalue weighted by molar-refractivity contribution is -0.123. The molecule has 2 aliphatic rings. The van der Waals surface area contributed by atoms with Gasteiger partial charge in [-0.05, 0) is 32.7 Å². The highest BCUT2D eigenvalue weighted by Crippen LogP contribution is 2.36. The number of aromatic nitrogens is 2. The van der Waals surface area contributed by atoms with Gasteiger partial charge in [0.15, 0.2) is 0 Å². The summed E-state index contributed by atoms with van der Waals surface area (Å²) in [5, 5.41) is 11.3. The third-order valence-electron chi connectivity index (χ3n) is 5.10. The van der Waals surface area contributed by atoms with Crippen LogP contribution in [0.4, 0.5) is 0 Å². The van der Waals surface area contributed by atoms with Crippen LogP contribution in [0.5, 0.6) is 0 Å².